The number of hydrogen-bond acceptors (Lipinski definition) is 4. The molecule has 24 heavy (non-hydrogen) atoms. The van der Waals surface area contributed by atoms with Crippen LogP contribution in [-0.2, 0) is 0 Å². The highest BCUT2D eigenvalue weighted by Gasteiger charge is 1.97. The van der Waals surface area contributed by atoms with Gasteiger partial charge in [-0.05, 0) is 64.0 Å². The van der Waals surface area contributed by atoms with Crippen molar-refractivity contribution < 1.29 is 0 Å². The molecule has 6 nitrogen and oxygen atoms in total. The molecule has 4 N–H and O–H groups in total. The summed E-state index contributed by atoms with van der Waals surface area (Å²) in [5.41, 5.74) is 7.80. The lowest BCUT2D eigenvalue weighted by Gasteiger charge is -2.05. The maximum atomic E-state index is 4.97. The van der Waals surface area contributed by atoms with Crippen LogP contribution in [0.4, 0.5) is 0 Å². The molecule has 0 atom stereocenters. The van der Waals surface area contributed by atoms with Gasteiger partial charge in [-0.15, -0.1) is 0 Å². The number of hydrogen-bond donors (Lipinski definition) is 4. The number of nitrogens with zero attached hydrogens (tertiary/aromatic N) is 2. The summed E-state index contributed by atoms with van der Waals surface area (Å²) < 4.78 is 0. The van der Waals surface area contributed by atoms with Crippen molar-refractivity contribution in [1.82, 2.24) is 21.5 Å². The second kappa shape index (κ2) is 15.3. The fourth-order valence-electron chi connectivity index (χ4n) is 1.98. The lowest BCUT2D eigenvalue weighted by Crippen LogP contribution is -2.29. The zero-order valence-corrected chi connectivity index (χ0v) is 17.0. The highest BCUT2D eigenvalue weighted by molar-refractivity contribution is 7.80. The minimum Gasteiger partial charge on any atom is -0.364 e. The average Bonchev–Trinajstić information content (AvgIpc) is 2.59. The van der Waals surface area contributed by atoms with Gasteiger partial charge in [0.15, 0.2) is 10.2 Å². The standard InChI is InChI=1S/C16H32N6S2/c1-13(19-21-15(23)17-3)11-9-7-5-6-8-10-12-14(2)20-22-16(24)18-4/h5-12H2,1-4H3,(H2,17,21,23)(H2,18,22,24)/b19-13-,20-14-. The van der Waals surface area contributed by atoms with Crippen molar-refractivity contribution in [2.24, 2.45) is 10.2 Å². The Morgan fingerprint density at radius 1 is 0.667 bits per heavy atom. The molecule has 0 bridgehead atoms. The summed E-state index contributed by atoms with van der Waals surface area (Å²) in [6, 6.07) is 0. The molecule has 0 saturated carbocycles. The first-order chi connectivity index (χ1) is 11.5. The van der Waals surface area contributed by atoms with E-state index in [2.05, 4.69) is 31.7 Å². The first-order valence-electron chi connectivity index (χ1n) is 8.51. The third-order valence-electron chi connectivity index (χ3n) is 3.48. The van der Waals surface area contributed by atoms with Gasteiger partial charge in [0, 0.05) is 25.5 Å². The highest BCUT2D eigenvalue weighted by Crippen LogP contribution is 2.09. The van der Waals surface area contributed by atoms with Crippen LogP contribution in [-0.4, -0.2) is 35.7 Å². The van der Waals surface area contributed by atoms with Gasteiger partial charge in [-0.25, -0.2) is 0 Å². The van der Waals surface area contributed by atoms with Crippen molar-refractivity contribution in [1.29, 1.82) is 0 Å². The summed E-state index contributed by atoms with van der Waals surface area (Å²) in [6.45, 7) is 4.06. The van der Waals surface area contributed by atoms with E-state index in [0.717, 1.165) is 24.3 Å². The van der Waals surface area contributed by atoms with E-state index in [-0.39, 0.29) is 0 Å². The fourth-order valence-corrected chi connectivity index (χ4v) is 2.08. The molecule has 0 amide bonds. The lowest BCUT2D eigenvalue weighted by atomic mass is 10.1. The van der Waals surface area contributed by atoms with Gasteiger partial charge in [-0.2, -0.15) is 10.2 Å². The van der Waals surface area contributed by atoms with Gasteiger partial charge in [-0.3, -0.25) is 10.9 Å². The average molecular weight is 373 g/mol. The quantitative estimate of drug-likeness (QED) is 0.193. The Kier molecular flexibility index (Phi) is 14.4. The van der Waals surface area contributed by atoms with E-state index < -0.39 is 0 Å². The molecule has 0 fully saturated rings. The van der Waals surface area contributed by atoms with Crippen LogP contribution < -0.4 is 21.5 Å². The van der Waals surface area contributed by atoms with Crippen molar-refractivity contribution in [3.05, 3.63) is 0 Å². The smallest absolute Gasteiger partial charge is 0.186 e. The zero-order valence-electron chi connectivity index (χ0n) is 15.4. The molecule has 138 valence electrons. The van der Waals surface area contributed by atoms with E-state index in [0.29, 0.717) is 10.2 Å². The van der Waals surface area contributed by atoms with E-state index in [4.69, 9.17) is 24.4 Å². The van der Waals surface area contributed by atoms with Gasteiger partial charge in [0.1, 0.15) is 0 Å². The predicted molar refractivity (Wildman–Crippen MR) is 113 cm³/mol. The van der Waals surface area contributed by atoms with E-state index in [1.54, 1.807) is 14.1 Å². The first kappa shape index (κ1) is 22.7. The van der Waals surface area contributed by atoms with Crippen LogP contribution in [0.15, 0.2) is 10.2 Å². The maximum absolute atomic E-state index is 4.97. The second-order valence-electron chi connectivity index (χ2n) is 5.70. The predicted octanol–water partition coefficient (Wildman–Crippen LogP) is 3.05. The van der Waals surface area contributed by atoms with Gasteiger partial charge in [0.25, 0.3) is 0 Å². The highest BCUT2D eigenvalue weighted by atomic mass is 32.1. The van der Waals surface area contributed by atoms with Crippen molar-refractivity contribution >= 4 is 46.1 Å². The second-order valence-corrected chi connectivity index (χ2v) is 6.51. The third-order valence-corrected chi connectivity index (χ3v) is 4.07. The molecule has 0 aromatic heterocycles. The molecule has 0 radical (unpaired) electrons. The number of hydrazone groups is 2. The molecule has 8 heteroatoms. The number of nitrogens with one attached hydrogen (secondary N) is 4. The normalized spacial score (nSPS) is 11.8. The summed E-state index contributed by atoms with van der Waals surface area (Å²) in [7, 11) is 3.56. The Bertz CT molecular complexity index is 394. The summed E-state index contributed by atoms with van der Waals surface area (Å²) in [5.74, 6) is 0. The minimum absolute atomic E-state index is 0.552. The van der Waals surface area contributed by atoms with Gasteiger partial charge in [-0.1, -0.05) is 25.7 Å². The van der Waals surface area contributed by atoms with Crippen molar-refractivity contribution in [2.45, 2.75) is 65.2 Å². The minimum atomic E-state index is 0.552. The Hall–Kier alpha value is -1.28. The molecule has 0 aliphatic heterocycles. The van der Waals surface area contributed by atoms with Gasteiger partial charge in [0.2, 0.25) is 0 Å². The van der Waals surface area contributed by atoms with Crippen LogP contribution in [0, 0.1) is 0 Å². The molecule has 0 aromatic rings. The largest absolute Gasteiger partial charge is 0.364 e. The summed E-state index contributed by atoms with van der Waals surface area (Å²) >= 11 is 9.94. The molecule has 0 unspecified atom stereocenters. The third kappa shape index (κ3) is 14.3. The fraction of sp³-hybridized carbons (Fsp3) is 0.750. The molecule has 0 aliphatic carbocycles. The molecule has 0 spiro atoms. The van der Waals surface area contributed by atoms with Crippen LogP contribution in [0.5, 0.6) is 0 Å². The van der Waals surface area contributed by atoms with E-state index in [9.17, 15) is 0 Å². The van der Waals surface area contributed by atoms with Crippen molar-refractivity contribution in [2.75, 3.05) is 14.1 Å². The van der Waals surface area contributed by atoms with Crippen LogP contribution in [0.25, 0.3) is 0 Å². The molecule has 0 rings (SSSR count). The number of thiocarbonyl (C=S) groups is 2. The zero-order chi connectivity index (χ0) is 18.2. The Morgan fingerprint density at radius 3 is 1.33 bits per heavy atom. The first-order valence-corrected chi connectivity index (χ1v) is 9.33. The van der Waals surface area contributed by atoms with Crippen molar-refractivity contribution in [3.8, 4) is 0 Å². The summed E-state index contributed by atoms with van der Waals surface area (Å²) in [6.07, 6.45) is 9.42. The Morgan fingerprint density at radius 2 is 1.00 bits per heavy atom. The van der Waals surface area contributed by atoms with Crippen LogP contribution in [0.3, 0.4) is 0 Å². The summed E-state index contributed by atoms with van der Waals surface area (Å²) in [4.78, 5) is 0. The lowest BCUT2D eigenvalue weighted by molar-refractivity contribution is 0.606. The van der Waals surface area contributed by atoms with E-state index in [1.807, 2.05) is 13.8 Å². The van der Waals surface area contributed by atoms with E-state index >= 15 is 0 Å². The Balaban J connectivity index is 3.54. The monoisotopic (exact) mass is 372 g/mol. The molecular weight excluding hydrogens is 340 g/mol. The van der Waals surface area contributed by atoms with Crippen LogP contribution in [0.2, 0.25) is 0 Å². The molecular formula is C16H32N6S2. The maximum Gasteiger partial charge on any atom is 0.186 e. The van der Waals surface area contributed by atoms with Gasteiger partial charge >= 0.3 is 0 Å². The number of rotatable bonds is 11. The van der Waals surface area contributed by atoms with Crippen LogP contribution in [0.1, 0.15) is 65.2 Å². The molecule has 0 saturated heterocycles. The summed E-state index contributed by atoms with van der Waals surface area (Å²) in [5, 5.41) is 15.2. The van der Waals surface area contributed by atoms with Crippen molar-refractivity contribution in [3.63, 3.8) is 0 Å². The molecule has 0 heterocycles. The van der Waals surface area contributed by atoms with E-state index in [1.165, 1.54) is 38.5 Å². The van der Waals surface area contributed by atoms with Crippen LogP contribution >= 0.6 is 24.4 Å². The Labute approximate surface area is 157 Å². The molecule has 0 aliphatic rings. The SMILES string of the molecule is CNC(=S)N/N=C(/C)CCCCCCCC/C(C)=N\NC(=S)NC. The van der Waals surface area contributed by atoms with Gasteiger partial charge < -0.3 is 10.6 Å². The molecule has 0 aromatic carbocycles. The topological polar surface area (TPSA) is 72.8 Å². The number of unbranched alkanes of at least 4 members (excludes halogenated alkanes) is 5. The van der Waals surface area contributed by atoms with Gasteiger partial charge in [0.05, 0.1) is 0 Å².